The van der Waals surface area contributed by atoms with Crippen molar-refractivity contribution < 1.29 is 9.53 Å². The summed E-state index contributed by atoms with van der Waals surface area (Å²) >= 11 is 0. The van der Waals surface area contributed by atoms with Crippen molar-refractivity contribution >= 4 is 6.03 Å². The van der Waals surface area contributed by atoms with Crippen LogP contribution in [0.4, 0.5) is 4.79 Å². The van der Waals surface area contributed by atoms with Crippen molar-refractivity contribution in [2.45, 2.75) is 83.4 Å². The van der Waals surface area contributed by atoms with Crippen molar-refractivity contribution in [3.63, 3.8) is 0 Å². The summed E-state index contributed by atoms with van der Waals surface area (Å²) in [5.41, 5.74) is 6.39. The fourth-order valence-electron chi connectivity index (χ4n) is 4.78. The smallest absolute Gasteiger partial charge is 0.320 e. The van der Waals surface area contributed by atoms with E-state index in [0.29, 0.717) is 12.7 Å². The molecule has 3 rings (SSSR count). The number of piperidine rings is 1. The zero-order valence-corrected chi connectivity index (χ0v) is 16.2. The molecule has 2 aliphatic heterocycles. The molecule has 0 aromatic heterocycles. The van der Waals surface area contributed by atoms with E-state index >= 15 is 0 Å². The average molecular weight is 352 g/mol. The van der Waals surface area contributed by atoms with Crippen LogP contribution in [0.5, 0.6) is 0 Å². The monoisotopic (exact) mass is 351 g/mol. The van der Waals surface area contributed by atoms with E-state index in [2.05, 4.69) is 13.8 Å². The topological polar surface area (TPSA) is 58.8 Å². The lowest BCUT2D eigenvalue weighted by atomic mass is 9.80. The Bertz CT molecular complexity index is 429. The number of likely N-dealkylation sites (tertiary alicyclic amines) is 2. The molecule has 0 spiro atoms. The summed E-state index contributed by atoms with van der Waals surface area (Å²) in [6.07, 6.45) is 9.49. The predicted octanol–water partition coefficient (Wildman–Crippen LogP) is 3.23. The van der Waals surface area contributed by atoms with E-state index in [1.165, 1.54) is 12.8 Å². The highest BCUT2D eigenvalue weighted by Gasteiger charge is 2.36. The Morgan fingerprint density at radius 1 is 1.04 bits per heavy atom. The first-order valence-electron chi connectivity index (χ1n) is 10.5. The first-order valence-corrected chi connectivity index (χ1v) is 10.5. The summed E-state index contributed by atoms with van der Waals surface area (Å²) in [7, 11) is 0. The number of hydrogen-bond acceptors (Lipinski definition) is 3. The van der Waals surface area contributed by atoms with Crippen molar-refractivity contribution in [1.82, 2.24) is 9.80 Å². The second-order valence-corrected chi connectivity index (χ2v) is 8.66. The zero-order valence-electron chi connectivity index (χ0n) is 16.2. The number of rotatable bonds is 4. The van der Waals surface area contributed by atoms with Crippen LogP contribution in [0.25, 0.3) is 0 Å². The van der Waals surface area contributed by atoms with E-state index in [9.17, 15) is 4.79 Å². The highest BCUT2D eigenvalue weighted by molar-refractivity contribution is 5.75. The van der Waals surface area contributed by atoms with Crippen LogP contribution in [0.15, 0.2) is 0 Å². The molecule has 2 atom stereocenters. The van der Waals surface area contributed by atoms with Gasteiger partial charge in [-0.2, -0.15) is 0 Å². The fraction of sp³-hybridized carbons (Fsp3) is 0.950. The maximum absolute atomic E-state index is 12.9. The van der Waals surface area contributed by atoms with Crippen molar-refractivity contribution in [2.24, 2.45) is 17.6 Å². The molecule has 2 heterocycles. The van der Waals surface area contributed by atoms with Crippen LogP contribution in [0, 0.1) is 11.8 Å². The molecule has 0 aromatic rings. The standard InChI is InChI=1S/C20H37N3O2/c1-15(2)16-7-9-17(10-8-16)25-14-19-18(21)6-5-13-23(19)20(24)22-11-3-4-12-22/h15-19H,3-14,21H2,1-2H3/t16-,17+,18-,19-/m0/s1. The Balaban J connectivity index is 1.52. The molecule has 144 valence electrons. The molecule has 3 fully saturated rings. The van der Waals surface area contributed by atoms with Crippen LogP contribution < -0.4 is 5.73 Å². The summed E-state index contributed by atoms with van der Waals surface area (Å²) in [5.74, 6) is 1.63. The fourth-order valence-corrected chi connectivity index (χ4v) is 4.78. The zero-order chi connectivity index (χ0) is 17.8. The van der Waals surface area contributed by atoms with Gasteiger partial charge < -0.3 is 20.3 Å². The van der Waals surface area contributed by atoms with Gasteiger partial charge >= 0.3 is 6.03 Å². The first kappa shape index (κ1) is 19.0. The van der Waals surface area contributed by atoms with Gasteiger partial charge in [0.15, 0.2) is 0 Å². The Kier molecular flexibility index (Phi) is 6.61. The van der Waals surface area contributed by atoms with Gasteiger partial charge in [0, 0.05) is 25.7 Å². The number of hydrogen-bond donors (Lipinski definition) is 1. The van der Waals surface area contributed by atoms with E-state index in [-0.39, 0.29) is 18.1 Å². The second-order valence-electron chi connectivity index (χ2n) is 8.66. The van der Waals surface area contributed by atoms with E-state index in [1.54, 1.807) is 0 Å². The van der Waals surface area contributed by atoms with Crippen LogP contribution in [0.3, 0.4) is 0 Å². The molecule has 0 aromatic carbocycles. The molecule has 2 saturated heterocycles. The Morgan fingerprint density at radius 2 is 1.72 bits per heavy atom. The maximum atomic E-state index is 12.9. The molecule has 5 nitrogen and oxygen atoms in total. The van der Waals surface area contributed by atoms with Gasteiger partial charge in [-0.15, -0.1) is 0 Å². The number of amides is 2. The molecule has 0 radical (unpaired) electrons. The lowest BCUT2D eigenvalue weighted by Gasteiger charge is -2.42. The largest absolute Gasteiger partial charge is 0.376 e. The van der Waals surface area contributed by atoms with Gasteiger partial charge in [-0.3, -0.25) is 0 Å². The van der Waals surface area contributed by atoms with Gasteiger partial charge in [-0.05, 0) is 63.2 Å². The number of urea groups is 1. The highest BCUT2D eigenvalue weighted by atomic mass is 16.5. The molecule has 2 amide bonds. The van der Waals surface area contributed by atoms with Crippen molar-refractivity contribution in [2.75, 3.05) is 26.2 Å². The minimum atomic E-state index is 0.0460. The van der Waals surface area contributed by atoms with Gasteiger partial charge in [0.05, 0.1) is 18.8 Å². The molecule has 0 bridgehead atoms. The van der Waals surface area contributed by atoms with Crippen molar-refractivity contribution in [1.29, 1.82) is 0 Å². The van der Waals surface area contributed by atoms with Crippen LogP contribution in [0.2, 0.25) is 0 Å². The number of ether oxygens (including phenoxy) is 1. The van der Waals surface area contributed by atoms with Gasteiger partial charge in [0.25, 0.3) is 0 Å². The van der Waals surface area contributed by atoms with E-state index in [4.69, 9.17) is 10.5 Å². The first-order chi connectivity index (χ1) is 12.1. The summed E-state index contributed by atoms with van der Waals surface area (Å²) in [4.78, 5) is 16.9. The third kappa shape index (κ3) is 4.68. The highest BCUT2D eigenvalue weighted by Crippen LogP contribution is 2.31. The Morgan fingerprint density at radius 3 is 2.36 bits per heavy atom. The Hall–Kier alpha value is -0.810. The van der Waals surface area contributed by atoms with Gasteiger partial charge in [0.2, 0.25) is 0 Å². The van der Waals surface area contributed by atoms with Crippen LogP contribution >= 0.6 is 0 Å². The van der Waals surface area contributed by atoms with Crippen molar-refractivity contribution in [3.8, 4) is 0 Å². The molecule has 0 unspecified atom stereocenters. The second kappa shape index (κ2) is 8.72. The van der Waals surface area contributed by atoms with Crippen LogP contribution in [0.1, 0.15) is 65.2 Å². The third-order valence-electron chi connectivity index (χ3n) is 6.62. The SMILES string of the molecule is CC(C)[C@H]1CC[C@@H](OC[C@H]2[C@@H](N)CCCN2C(=O)N2CCCC2)CC1. The van der Waals surface area contributed by atoms with Crippen LogP contribution in [-0.4, -0.2) is 60.3 Å². The maximum Gasteiger partial charge on any atom is 0.320 e. The lowest BCUT2D eigenvalue weighted by molar-refractivity contribution is -0.0251. The number of carbonyl (C=O) groups excluding carboxylic acids is 1. The summed E-state index contributed by atoms with van der Waals surface area (Å²) in [6.45, 7) is 7.90. The third-order valence-corrected chi connectivity index (χ3v) is 6.62. The molecule has 1 aliphatic carbocycles. The van der Waals surface area contributed by atoms with Gasteiger partial charge in [-0.1, -0.05) is 13.8 Å². The molecule has 1 saturated carbocycles. The number of nitrogens with zero attached hydrogens (tertiary/aromatic N) is 2. The molecular weight excluding hydrogens is 314 g/mol. The minimum absolute atomic E-state index is 0.0460. The van der Waals surface area contributed by atoms with Crippen LogP contribution in [-0.2, 0) is 4.74 Å². The quantitative estimate of drug-likeness (QED) is 0.846. The van der Waals surface area contributed by atoms with Crippen molar-refractivity contribution in [3.05, 3.63) is 0 Å². The summed E-state index contributed by atoms with van der Waals surface area (Å²) in [5, 5.41) is 0. The predicted molar refractivity (Wildman–Crippen MR) is 100 cm³/mol. The van der Waals surface area contributed by atoms with Gasteiger partial charge in [0.1, 0.15) is 0 Å². The van der Waals surface area contributed by atoms with E-state index < -0.39 is 0 Å². The summed E-state index contributed by atoms with van der Waals surface area (Å²) < 4.78 is 6.27. The normalized spacial score (nSPS) is 33.9. The number of nitrogens with two attached hydrogens (primary N) is 1. The minimum Gasteiger partial charge on any atom is -0.376 e. The lowest BCUT2D eigenvalue weighted by Crippen LogP contribution is -2.59. The molecule has 25 heavy (non-hydrogen) atoms. The molecule has 5 heteroatoms. The summed E-state index contributed by atoms with van der Waals surface area (Å²) in [6, 6.07) is 0.279. The average Bonchev–Trinajstić information content (AvgIpc) is 3.15. The molecular formula is C20H37N3O2. The Labute approximate surface area is 153 Å². The molecule has 2 N–H and O–H groups in total. The van der Waals surface area contributed by atoms with E-state index in [1.807, 2.05) is 9.80 Å². The molecule has 3 aliphatic rings. The van der Waals surface area contributed by atoms with E-state index in [0.717, 1.165) is 70.0 Å². The van der Waals surface area contributed by atoms with Gasteiger partial charge in [-0.25, -0.2) is 4.79 Å². The number of carbonyl (C=O) groups is 1.